The Bertz CT molecular complexity index is 1060. The number of nitrogens with zero attached hydrogens (tertiary/aromatic N) is 2. The standard InChI is InChI=1S/C18H21N5O4S/c1-11-7-8-20-13(9-11)17(24)21-18(2,3)10-27-14-6-4-5-12-15(14)16(19)23-28(25,26)22-12/h4-9,22H,10H2,1-3H3,(H2,19,23)(H,21,24). The van der Waals surface area contributed by atoms with Gasteiger partial charge in [-0.25, -0.2) is 0 Å². The summed E-state index contributed by atoms with van der Waals surface area (Å²) in [4.78, 5) is 16.5. The Morgan fingerprint density at radius 3 is 2.79 bits per heavy atom. The van der Waals surface area contributed by atoms with Gasteiger partial charge in [-0.2, -0.15) is 8.42 Å². The molecule has 0 spiro atoms. The highest BCUT2D eigenvalue weighted by Gasteiger charge is 2.27. The maximum Gasteiger partial charge on any atom is 0.344 e. The minimum atomic E-state index is -3.86. The van der Waals surface area contributed by atoms with Crippen molar-refractivity contribution in [2.45, 2.75) is 26.3 Å². The molecular formula is C18H21N5O4S. The fraction of sp³-hybridized carbons (Fsp3) is 0.278. The fourth-order valence-electron chi connectivity index (χ4n) is 2.66. The topological polar surface area (TPSA) is 136 Å². The van der Waals surface area contributed by atoms with Crippen LogP contribution in [0.1, 0.15) is 35.5 Å². The van der Waals surface area contributed by atoms with Crippen LogP contribution in [0.4, 0.5) is 5.69 Å². The number of carbonyl (C=O) groups excluding carboxylic acids is 1. The van der Waals surface area contributed by atoms with Crippen molar-refractivity contribution in [2.24, 2.45) is 10.1 Å². The average molecular weight is 403 g/mol. The number of rotatable bonds is 5. The second kappa shape index (κ2) is 7.12. The van der Waals surface area contributed by atoms with Crippen LogP contribution in [0.15, 0.2) is 40.9 Å². The Labute approximate surface area is 163 Å². The van der Waals surface area contributed by atoms with Crippen molar-refractivity contribution in [3.8, 4) is 5.75 Å². The molecular weight excluding hydrogens is 382 g/mol. The number of fused-ring (bicyclic) bond motifs is 1. The van der Waals surface area contributed by atoms with Gasteiger partial charge in [0.2, 0.25) is 0 Å². The predicted octanol–water partition coefficient (Wildman–Crippen LogP) is 1.35. The summed E-state index contributed by atoms with van der Waals surface area (Å²) in [7, 11) is -3.86. The summed E-state index contributed by atoms with van der Waals surface area (Å²) in [6.45, 7) is 5.60. The molecule has 1 aromatic carbocycles. The number of aromatic nitrogens is 1. The van der Waals surface area contributed by atoms with Gasteiger partial charge in [0.1, 0.15) is 18.1 Å². The third-order valence-corrected chi connectivity index (χ3v) is 4.84. The second-order valence-electron chi connectivity index (χ2n) is 7.08. The lowest BCUT2D eigenvalue weighted by molar-refractivity contribution is 0.0875. The van der Waals surface area contributed by atoms with E-state index >= 15 is 0 Å². The third kappa shape index (κ3) is 4.39. The molecule has 4 N–H and O–H groups in total. The van der Waals surface area contributed by atoms with Crippen LogP contribution in [0, 0.1) is 6.92 Å². The zero-order valence-electron chi connectivity index (χ0n) is 15.7. The molecule has 148 valence electrons. The second-order valence-corrected chi connectivity index (χ2v) is 8.41. The molecule has 9 nitrogen and oxygen atoms in total. The van der Waals surface area contributed by atoms with Gasteiger partial charge in [0.25, 0.3) is 5.91 Å². The minimum absolute atomic E-state index is 0.112. The van der Waals surface area contributed by atoms with E-state index in [0.717, 1.165) is 5.56 Å². The van der Waals surface area contributed by atoms with Gasteiger partial charge in [0, 0.05) is 6.20 Å². The van der Waals surface area contributed by atoms with Crippen molar-refractivity contribution in [2.75, 3.05) is 11.3 Å². The Morgan fingerprint density at radius 1 is 1.32 bits per heavy atom. The van der Waals surface area contributed by atoms with Crippen LogP contribution in [-0.2, 0) is 10.2 Å². The van der Waals surface area contributed by atoms with Gasteiger partial charge in [0.15, 0.2) is 5.84 Å². The van der Waals surface area contributed by atoms with Gasteiger partial charge in [0.05, 0.1) is 16.8 Å². The van der Waals surface area contributed by atoms with Crippen LogP contribution in [0.2, 0.25) is 0 Å². The van der Waals surface area contributed by atoms with Crippen LogP contribution in [-0.4, -0.2) is 37.3 Å². The number of amidine groups is 1. The Kier molecular flexibility index (Phi) is 4.99. The van der Waals surface area contributed by atoms with E-state index in [2.05, 4.69) is 19.4 Å². The first-order chi connectivity index (χ1) is 13.1. The lowest BCUT2D eigenvalue weighted by Crippen LogP contribution is -2.48. The first-order valence-electron chi connectivity index (χ1n) is 8.46. The lowest BCUT2D eigenvalue weighted by atomic mass is 10.1. The molecule has 2 heterocycles. The van der Waals surface area contributed by atoms with E-state index in [-0.39, 0.29) is 24.0 Å². The number of ether oxygens (including phenoxy) is 1. The van der Waals surface area contributed by atoms with Crippen molar-refractivity contribution in [1.82, 2.24) is 10.3 Å². The van der Waals surface area contributed by atoms with Gasteiger partial charge in [-0.1, -0.05) is 6.07 Å². The largest absolute Gasteiger partial charge is 0.490 e. The summed E-state index contributed by atoms with van der Waals surface area (Å²) >= 11 is 0. The maximum atomic E-state index is 12.4. The summed E-state index contributed by atoms with van der Waals surface area (Å²) in [5, 5.41) is 2.87. The van der Waals surface area contributed by atoms with Crippen molar-refractivity contribution >= 4 is 27.6 Å². The number of hydrogen-bond acceptors (Lipinski definition) is 6. The average Bonchev–Trinajstić information content (AvgIpc) is 2.58. The third-order valence-electron chi connectivity index (χ3n) is 3.93. The molecule has 0 aliphatic carbocycles. The highest BCUT2D eigenvalue weighted by atomic mass is 32.2. The number of nitrogens with one attached hydrogen (secondary N) is 2. The smallest absolute Gasteiger partial charge is 0.344 e. The summed E-state index contributed by atoms with van der Waals surface area (Å²) in [6.07, 6.45) is 1.58. The molecule has 0 saturated carbocycles. The molecule has 0 atom stereocenters. The van der Waals surface area contributed by atoms with Gasteiger partial charge >= 0.3 is 10.2 Å². The number of benzene rings is 1. The Balaban J connectivity index is 1.74. The number of nitrogens with two attached hydrogens (primary N) is 1. The van der Waals surface area contributed by atoms with Gasteiger partial charge in [-0.3, -0.25) is 14.5 Å². The van der Waals surface area contributed by atoms with Crippen LogP contribution >= 0.6 is 0 Å². The minimum Gasteiger partial charge on any atom is -0.490 e. The fourth-order valence-corrected chi connectivity index (χ4v) is 3.51. The van der Waals surface area contributed by atoms with Crippen molar-refractivity contribution in [1.29, 1.82) is 0 Å². The molecule has 0 bridgehead atoms. The van der Waals surface area contributed by atoms with E-state index in [1.165, 1.54) is 0 Å². The van der Waals surface area contributed by atoms with E-state index in [9.17, 15) is 13.2 Å². The van der Waals surface area contributed by atoms with E-state index in [1.54, 1.807) is 44.3 Å². The Morgan fingerprint density at radius 2 is 2.07 bits per heavy atom. The molecule has 1 amide bonds. The highest BCUT2D eigenvalue weighted by Crippen LogP contribution is 2.30. The zero-order valence-corrected chi connectivity index (χ0v) is 16.5. The van der Waals surface area contributed by atoms with Crippen molar-refractivity contribution in [3.63, 3.8) is 0 Å². The van der Waals surface area contributed by atoms with E-state index in [1.807, 2.05) is 13.0 Å². The summed E-state index contributed by atoms with van der Waals surface area (Å²) in [5.41, 5.74) is 6.97. The molecule has 1 aliphatic heterocycles. The van der Waals surface area contributed by atoms with Crippen molar-refractivity contribution in [3.05, 3.63) is 53.3 Å². The summed E-state index contributed by atoms with van der Waals surface area (Å²) in [6, 6.07) is 8.36. The Hall–Kier alpha value is -3.14. The molecule has 1 aliphatic rings. The molecule has 2 aromatic rings. The molecule has 3 rings (SSSR count). The quantitative estimate of drug-likeness (QED) is 0.689. The molecule has 0 radical (unpaired) electrons. The number of pyridine rings is 1. The van der Waals surface area contributed by atoms with E-state index < -0.39 is 15.7 Å². The van der Waals surface area contributed by atoms with Crippen LogP contribution in [0.5, 0.6) is 5.75 Å². The summed E-state index contributed by atoms with van der Waals surface area (Å²) in [5.74, 6) is -0.117. The number of hydrogen-bond donors (Lipinski definition) is 3. The molecule has 0 fully saturated rings. The maximum absolute atomic E-state index is 12.4. The van der Waals surface area contributed by atoms with Crippen LogP contribution in [0.25, 0.3) is 0 Å². The van der Waals surface area contributed by atoms with Crippen LogP contribution < -0.4 is 20.5 Å². The molecule has 28 heavy (non-hydrogen) atoms. The first-order valence-corrected chi connectivity index (χ1v) is 9.90. The molecule has 10 heteroatoms. The lowest BCUT2D eigenvalue weighted by Gasteiger charge is -2.27. The van der Waals surface area contributed by atoms with E-state index in [0.29, 0.717) is 17.0 Å². The number of anilines is 1. The SMILES string of the molecule is Cc1ccnc(C(=O)NC(C)(C)COc2cccc3c2C(N)=NS(=O)(=O)N3)c1. The van der Waals surface area contributed by atoms with Crippen molar-refractivity contribution < 1.29 is 17.9 Å². The normalized spacial score (nSPS) is 15.0. The summed E-state index contributed by atoms with van der Waals surface area (Å²) < 4.78 is 34.9. The van der Waals surface area contributed by atoms with Gasteiger partial charge in [-0.15, -0.1) is 4.40 Å². The number of carbonyl (C=O) groups is 1. The van der Waals surface area contributed by atoms with Gasteiger partial charge < -0.3 is 15.8 Å². The predicted molar refractivity (Wildman–Crippen MR) is 106 cm³/mol. The van der Waals surface area contributed by atoms with E-state index in [4.69, 9.17) is 10.5 Å². The number of aryl methyl sites for hydroxylation is 1. The first kappa shape index (κ1) is 19.6. The highest BCUT2D eigenvalue weighted by molar-refractivity contribution is 7.91. The molecule has 1 aromatic heterocycles. The zero-order chi connectivity index (χ0) is 20.5. The monoisotopic (exact) mass is 403 g/mol. The number of amides is 1. The van der Waals surface area contributed by atoms with Crippen LogP contribution in [0.3, 0.4) is 0 Å². The molecule has 0 saturated heterocycles. The van der Waals surface area contributed by atoms with Gasteiger partial charge in [-0.05, 0) is 50.6 Å². The molecule has 0 unspecified atom stereocenters.